The second-order valence-electron chi connectivity index (χ2n) is 7.09. The number of benzene rings is 3. The van der Waals surface area contributed by atoms with Crippen LogP contribution < -0.4 is 20.2 Å². The minimum Gasteiger partial charge on any atom is -0.493 e. The van der Waals surface area contributed by atoms with Crippen molar-refractivity contribution in [2.24, 2.45) is 5.10 Å². The summed E-state index contributed by atoms with van der Waals surface area (Å²) >= 11 is 6.96. The number of carbonyl (C=O) groups is 1. The molecule has 0 heterocycles. The van der Waals surface area contributed by atoms with Crippen LogP contribution in [0.15, 0.2) is 68.6 Å². The Morgan fingerprint density at radius 1 is 1.00 bits per heavy atom. The van der Waals surface area contributed by atoms with Gasteiger partial charge in [-0.05, 0) is 71.2 Å². The van der Waals surface area contributed by atoms with Gasteiger partial charge < -0.3 is 14.8 Å². The van der Waals surface area contributed by atoms with E-state index in [2.05, 4.69) is 47.7 Å². The Morgan fingerprint density at radius 3 is 2.44 bits per heavy atom. The molecule has 0 atom stereocenters. The van der Waals surface area contributed by atoms with Crippen LogP contribution in [0.1, 0.15) is 22.3 Å². The first kappa shape index (κ1) is 23.8. The van der Waals surface area contributed by atoms with Gasteiger partial charge in [-0.25, -0.2) is 10.2 Å². The van der Waals surface area contributed by atoms with E-state index in [0.717, 1.165) is 25.6 Å². The fraction of sp³-hybridized carbons (Fsp3) is 0.167. The molecule has 166 valence electrons. The molecular formula is C24H23Br2N3O3. The van der Waals surface area contributed by atoms with Gasteiger partial charge in [0.25, 0.3) is 0 Å². The number of carbonyl (C=O) groups excluding carboxylic acids is 1. The number of rotatable bonds is 7. The van der Waals surface area contributed by atoms with Gasteiger partial charge in [0.1, 0.15) is 6.61 Å². The second-order valence-corrected chi connectivity index (χ2v) is 8.80. The van der Waals surface area contributed by atoms with Crippen LogP contribution in [0.4, 0.5) is 10.5 Å². The molecule has 0 fully saturated rings. The Bertz CT molecular complexity index is 1130. The van der Waals surface area contributed by atoms with Crippen LogP contribution in [-0.2, 0) is 6.61 Å². The third kappa shape index (κ3) is 6.58. The molecule has 6 nitrogen and oxygen atoms in total. The Kier molecular flexibility index (Phi) is 8.30. The standard InChI is InChI=1S/C24H23Br2N3O3/c1-15-4-6-17(7-5-15)14-32-23-12-21(26)18(11-22(23)31-3)13-27-29-24(30)28-19-8-9-20(25)16(2)10-19/h4-13H,14H2,1-3H3,(H2,28,29,30)/b27-13+. The van der Waals surface area contributed by atoms with Gasteiger partial charge >= 0.3 is 6.03 Å². The number of ether oxygens (including phenoxy) is 2. The van der Waals surface area contributed by atoms with Crippen molar-refractivity contribution in [1.82, 2.24) is 5.43 Å². The van der Waals surface area contributed by atoms with E-state index in [-0.39, 0.29) is 0 Å². The molecule has 0 radical (unpaired) electrons. The minimum atomic E-state index is -0.441. The summed E-state index contributed by atoms with van der Waals surface area (Å²) in [5.74, 6) is 1.17. The molecule has 2 amide bonds. The van der Waals surface area contributed by atoms with Crippen molar-refractivity contribution in [3.8, 4) is 11.5 Å². The molecular weight excluding hydrogens is 538 g/mol. The summed E-state index contributed by atoms with van der Waals surface area (Å²) in [6, 6.07) is 16.9. The molecule has 0 aliphatic rings. The van der Waals surface area contributed by atoms with E-state index >= 15 is 0 Å². The number of hydrogen-bond donors (Lipinski definition) is 2. The maximum atomic E-state index is 12.1. The van der Waals surface area contributed by atoms with E-state index in [0.29, 0.717) is 23.8 Å². The Morgan fingerprint density at radius 2 is 1.75 bits per heavy atom. The highest BCUT2D eigenvalue weighted by atomic mass is 79.9. The lowest BCUT2D eigenvalue weighted by molar-refractivity contribution is 0.252. The van der Waals surface area contributed by atoms with E-state index < -0.39 is 6.03 Å². The minimum absolute atomic E-state index is 0.424. The number of aryl methyl sites for hydroxylation is 2. The van der Waals surface area contributed by atoms with E-state index in [1.54, 1.807) is 19.2 Å². The lowest BCUT2D eigenvalue weighted by Gasteiger charge is -2.13. The topological polar surface area (TPSA) is 72.0 Å². The van der Waals surface area contributed by atoms with Crippen molar-refractivity contribution in [2.75, 3.05) is 12.4 Å². The number of hydrazone groups is 1. The van der Waals surface area contributed by atoms with Gasteiger partial charge in [-0.2, -0.15) is 5.10 Å². The van der Waals surface area contributed by atoms with Gasteiger partial charge in [0.2, 0.25) is 0 Å². The molecule has 3 aromatic rings. The molecule has 0 aromatic heterocycles. The highest BCUT2D eigenvalue weighted by Crippen LogP contribution is 2.33. The van der Waals surface area contributed by atoms with Crippen LogP contribution in [-0.4, -0.2) is 19.4 Å². The van der Waals surface area contributed by atoms with E-state index in [1.807, 2.05) is 56.3 Å². The van der Waals surface area contributed by atoms with Crippen molar-refractivity contribution in [2.45, 2.75) is 20.5 Å². The fourth-order valence-electron chi connectivity index (χ4n) is 2.81. The Labute approximate surface area is 204 Å². The quantitative estimate of drug-likeness (QED) is 0.253. The van der Waals surface area contributed by atoms with Crippen molar-refractivity contribution >= 4 is 49.8 Å². The summed E-state index contributed by atoms with van der Waals surface area (Å²) in [6.45, 7) is 4.42. The number of nitrogens with one attached hydrogen (secondary N) is 2. The van der Waals surface area contributed by atoms with Crippen molar-refractivity contribution in [3.63, 3.8) is 0 Å². The average molecular weight is 561 g/mol. The number of halogens is 2. The zero-order valence-electron chi connectivity index (χ0n) is 17.9. The SMILES string of the molecule is COc1cc(/C=N/NC(=O)Nc2ccc(Br)c(C)c2)c(Br)cc1OCc1ccc(C)cc1. The summed E-state index contributed by atoms with van der Waals surface area (Å²) in [5.41, 5.74) is 7.15. The summed E-state index contributed by atoms with van der Waals surface area (Å²) < 4.78 is 13.1. The summed E-state index contributed by atoms with van der Waals surface area (Å²) in [4.78, 5) is 12.1. The van der Waals surface area contributed by atoms with Gasteiger partial charge in [-0.1, -0.05) is 45.8 Å². The van der Waals surface area contributed by atoms with E-state index in [9.17, 15) is 4.79 Å². The van der Waals surface area contributed by atoms with Gasteiger partial charge in [-0.15, -0.1) is 0 Å². The zero-order chi connectivity index (χ0) is 23.1. The van der Waals surface area contributed by atoms with Crippen molar-refractivity contribution in [3.05, 3.63) is 85.8 Å². The van der Waals surface area contributed by atoms with Crippen LogP contribution in [0.5, 0.6) is 11.5 Å². The second kappa shape index (κ2) is 11.2. The lowest BCUT2D eigenvalue weighted by Crippen LogP contribution is -2.24. The summed E-state index contributed by atoms with van der Waals surface area (Å²) in [5, 5.41) is 6.76. The van der Waals surface area contributed by atoms with Gasteiger partial charge in [0, 0.05) is 20.2 Å². The first-order valence-corrected chi connectivity index (χ1v) is 11.4. The maximum absolute atomic E-state index is 12.1. The molecule has 0 aliphatic carbocycles. The largest absolute Gasteiger partial charge is 0.493 e. The number of hydrogen-bond acceptors (Lipinski definition) is 4. The van der Waals surface area contributed by atoms with Gasteiger partial charge in [-0.3, -0.25) is 0 Å². The fourth-order valence-corrected chi connectivity index (χ4v) is 3.48. The van der Waals surface area contributed by atoms with Crippen molar-refractivity contribution in [1.29, 1.82) is 0 Å². The molecule has 0 unspecified atom stereocenters. The van der Waals surface area contributed by atoms with Gasteiger partial charge in [0.05, 0.1) is 13.3 Å². The molecule has 0 spiro atoms. The molecule has 0 bridgehead atoms. The predicted molar refractivity (Wildman–Crippen MR) is 135 cm³/mol. The number of anilines is 1. The average Bonchev–Trinajstić information content (AvgIpc) is 2.77. The predicted octanol–water partition coefficient (Wildman–Crippen LogP) is 6.57. The molecule has 3 aromatic carbocycles. The smallest absolute Gasteiger partial charge is 0.339 e. The van der Waals surface area contributed by atoms with Crippen LogP contribution in [0.3, 0.4) is 0 Å². The number of nitrogens with zero attached hydrogens (tertiary/aromatic N) is 1. The molecule has 2 N–H and O–H groups in total. The number of amides is 2. The third-order valence-electron chi connectivity index (χ3n) is 4.58. The number of urea groups is 1. The lowest BCUT2D eigenvalue weighted by atomic mass is 10.2. The summed E-state index contributed by atoms with van der Waals surface area (Å²) in [7, 11) is 1.58. The highest BCUT2D eigenvalue weighted by molar-refractivity contribution is 9.10. The highest BCUT2D eigenvalue weighted by Gasteiger charge is 2.10. The van der Waals surface area contributed by atoms with E-state index in [1.165, 1.54) is 11.8 Å². The van der Waals surface area contributed by atoms with Crippen LogP contribution in [0, 0.1) is 13.8 Å². The third-order valence-corrected chi connectivity index (χ3v) is 6.16. The number of methoxy groups -OCH3 is 1. The first-order valence-electron chi connectivity index (χ1n) is 9.78. The molecule has 3 rings (SSSR count). The van der Waals surface area contributed by atoms with Crippen LogP contribution >= 0.6 is 31.9 Å². The summed E-state index contributed by atoms with van der Waals surface area (Å²) in [6.07, 6.45) is 1.53. The maximum Gasteiger partial charge on any atom is 0.339 e. The van der Waals surface area contributed by atoms with Crippen molar-refractivity contribution < 1.29 is 14.3 Å². The first-order chi connectivity index (χ1) is 15.4. The zero-order valence-corrected chi connectivity index (χ0v) is 21.1. The van der Waals surface area contributed by atoms with Crippen LogP contribution in [0.2, 0.25) is 0 Å². The molecule has 8 heteroatoms. The molecule has 0 saturated carbocycles. The van der Waals surface area contributed by atoms with Crippen LogP contribution in [0.25, 0.3) is 0 Å². The monoisotopic (exact) mass is 559 g/mol. The molecule has 0 saturated heterocycles. The van der Waals surface area contributed by atoms with E-state index in [4.69, 9.17) is 9.47 Å². The molecule has 32 heavy (non-hydrogen) atoms. The Hall–Kier alpha value is -2.84. The Balaban J connectivity index is 1.63. The van der Waals surface area contributed by atoms with Gasteiger partial charge in [0.15, 0.2) is 11.5 Å². The molecule has 0 aliphatic heterocycles. The normalized spacial score (nSPS) is 10.8.